The third-order valence-corrected chi connectivity index (χ3v) is 3.44. The topological polar surface area (TPSA) is 55.4 Å². The highest BCUT2D eigenvalue weighted by molar-refractivity contribution is 5.92. The lowest BCUT2D eigenvalue weighted by Crippen LogP contribution is -2.25. The van der Waals surface area contributed by atoms with Gasteiger partial charge in [0.05, 0.1) is 11.5 Å². The van der Waals surface area contributed by atoms with E-state index < -0.39 is 30.2 Å². The van der Waals surface area contributed by atoms with Gasteiger partial charge in [0.2, 0.25) is 0 Å². The number of rotatable bonds is 4. The standard InChI is InChI=1S/C16H16F3NO3/c17-16(18,19)12-6-8-13(9-7-12)20-14(21)10-23-15(22)11-4-2-1-3-5-11/h1-2,6-9,11H,3-5,10H2,(H,20,21)/t11-/m1/s1. The SMILES string of the molecule is O=C(COC(=O)[C@@H]1CC=CCC1)Nc1ccc(C(F)(F)F)cc1. The first-order valence-electron chi connectivity index (χ1n) is 7.15. The summed E-state index contributed by atoms with van der Waals surface area (Å²) in [7, 11) is 0. The Morgan fingerprint density at radius 1 is 1.17 bits per heavy atom. The zero-order chi connectivity index (χ0) is 16.9. The fourth-order valence-corrected chi connectivity index (χ4v) is 2.20. The highest BCUT2D eigenvalue weighted by Crippen LogP contribution is 2.29. The van der Waals surface area contributed by atoms with Crippen molar-refractivity contribution in [2.75, 3.05) is 11.9 Å². The molecule has 1 aromatic rings. The Kier molecular flexibility index (Phi) is 5.41. The first-order chi connectivity index (χ1) is 10.9. The molecule has 0 aliphatic heterocycles. The van der Waals surface area contributed by atoms with Crippen molar-refractivity contribution in [3.8, 4) is 0 Å². The molecule has 0 fully saturated rings. The number of carbonyl (C=O) groups is 2. The summed E-state index contributed by atoms with van der Waals surface area (Å²) in [6.45, 7) is -0.458. The number of carbonyl (C=O) groups excluding carboxylic acids is 2. The quantitative estimate of drug-likeness (QED) is 0.680. The summed E-state index contributed by atoms with van der Waals surface area (Å²) < 4.78 is 42.2. The van der Waals surface area contributed by atoms with E-state index in [0.29, 0.717) is 12.8 Å². The van der Waals surface area contributed by atoms with Crippen LogP contribution in [0.15, 0.2) is 36.4 Å². The minimum absolute atomic E-state index is 0.208. The van der Waals surface area contributed by atoms with Crippen molar-refractivity contribution in [1.29, 1.82) is 0 Å². The Bertz CT molecular complexity index is 594. The molecule has 1 aliphatic carbocycles. The predicted octanol–water partition coefficient (Wildman–Crippen LogP) is 3.54. The molecule has 0 saturated heterocycles. The van der Waals surface area contributed by atoms with Crippen molar-refractivity contribution >= 4 is 17.6 Å². The molecule has 1 atom stereocenters. The van der Waals surface area contributed by atoms with Crippen LogP contribution in [0.3, 0.4) is 0 Å². The molecular formula is C16H16F3NO3. The van der Waals surface area contributed by atoms with Gasteiger partial charge in [-0.25, -0.2) is 0 Å². The second-order valence-corrected chi connectivity index (χ2v) is 5.21. The van der Waals surface area contributed by atoms with Crippen LogP contribution >= 0.6 is 0 Å². The van der Waals surface area contributed by atoms with Gasteiger partial charge in [0.25, 0.3) is 5.91 Å². The Labute approximate surface area is 131 Å². The Balaban J connectivity index is 1.80. The zero-order valence-corrected chi connectivity index (χ0v) is 12.2. The summed E-state index contributed by atoms with van der Waals surface area (Å²) in [4.78, 5) is 23.4. The predicted molar refractivity (Wildman–Crippen MR) is 77.5 cm³/mol. The zero-order valence-electron chi connectivity index (χ0n) is 12.2. The van der Waals surface area contributed by atoms with Crippen LogP contribution in [0, 0.1) is 5.92 Å². The van der Waals surface area contributed by atoms with E-state index in [0.717, 1.165) is 30.7 Å². The largest absolute Gasteiger partial charge is 0.455 e. The minimum atomic E-state index is -4.42. The van der Waals surface area contributed by atoms with Crippen molar-refractivity contribution in [3.63, 3.8) is 0 Å². The number of hydrogen-bond donors (Lipinski definition) is 1. The molecule has 0 saturated carbocycles. The average Bonchev–Trinajstić information content (AvgIpc) is 2.53. The smallest absolute Gasteiger partial charge is 0.416 e. The highest BCUT2D eigenvalue weighted by Gasteiger charge is 2.30. The van der Waals surface area contributed by atoms with Crippen LogP contribution in [0.5, 0.6) is 0 Å². The van der Waals surface area contributed by atoms with E-state index in [9.17, 15) is 22.8 Å². The maximum Gasteiger partial charge on any atom is 0.416 e. The summed E-state index contributed by atoms with van der Waals surface area (Å²) >= 11 is 0. The van der Waals surface area contributed by atoms with E-state index in [1.807, 2.05) is 12.2 Å². The molecule has 23 heavy (non-hydrogen) atoms. The first-order valence-corrected chi connectivity index (χ1v) is 7.15. The number of anilines is 1. The molecule has 0 bridgehead atoms. The fourth-order valence-electron chi connectivity index (χ4n) is 2.20. The molecule has 1 aromatic carbocycles. The summed E-state index contributed by atoms with van der Waals surface area (Å²) in [6.07, 6.45) is 1.55. The summed E-state index contributed by atoms with van der Waals surface area (Å²) in [6, 6.07) is 4.04. The van der Waals surface area contributed by atoms with Gasteiger partial charge in [-0.15, -0.1) is 0 Å². The number of esters is 1. The minimum Gasteiger partial charge on any atom is -0.455 e. The molecule has 0 heterocycles. The van der Waals surface area contributed by atoms with Gasteiger partial charge in [0.15, 0.2) is 6.61 Å². The summed E-state index contributed by atoms with van der Waals surface area (Å²) in [5.74, 6) is -1.26. The van der Waals surface area contributed by atoms with E-state index in [4.69, 9.17) is 4.74 Å². The van der Waals surface area contributed by atoms with E-state index in [-0.39, 0.29) is 11.6 Å². The van der Waals surface area contributed by atoms with Gasteiger partial charge in [-0.1, -0.05) is 12.2 Å². The van der Waals surface area contributed by atoms with Crippen LogP contribution in [0.2, 0.25) is 0 Å². The van der Waals surface area contributed by atoms with Gasteiger partial charge < -0.3 is 10.1 Å². The maximum absolute atomic E-state index is 12.4. The molecule has 1 aliphatic rings. The molecule has 1 amide bonds. The summed E-state index contributed by atoms with van der Waals surface area (Å²) in [5.41, 5.74) is -0.591. The number of benzene rings is 1. The molecule has 0 radical (unpaired) electrons. The molecule has 2 rings (SSSR count). The van der Waals surface area contributed by atoms with Crippen LogP contribution in [0.25, 0.3) is 0 Å². The van der Waals surface area contributed by atoms with E-state index in [1.165, 1.54) is 0 Å². The van der Waals surface area contributed by atoms with Gasteiger partial charge >= 0.3 is 12.1 Å². The fraction of sp³-hybridized carbons (Fsp3) is 0.375. The molecule has 1 N–H and O–H groups in total. The maximum atomic E-state index is 12.4. The van der Waals surface area contributed by atoms with Gasteiger partial charge in [-0.05, 0) is 43.5 Å². The van der Waals surface area contributed by atoms with E-state index in [2.05, 4.69) is 5.32 Å². The lowest BCUT2D eigenvalue weighted by Gasteiger charge is -2.16. The molecule has 4 nitrogen and oxygen atoms in total. The monoisotopic (exact) mass is 327 g/mol. The highest BCUT2D eigenvalue weighted by atomic mass is 19.4. The Morgan fingerprint density at radius 3 is 2.43 bits per heavy atom. The van der Waals surface area contributed by atoms with Crippen LogP contribution in [-0.4, -0.2) is 18.5 Å². The van der Waals surface area contributed by atoms with E-state index in [1.54, 1.807) is 0 Å². The van der Waals surface area contributed by atoms with Crippen LogP contribution < -0.4 is 5.32 Å². The van der Waals surface area contributed by atoms with Gasteiger partial charge in [-0.2, -0.15) is 13.2 Å². The van der Waals surface area contributed by atoms with Crippen LogP contribution in [0.1, 0.15) is 24.8 Å². The number of allylic oxidation sites excluding steroid dienone is 2. The van der Waals surface area contributed by atoms with Crippen molar-refractivity contribution in [3.05, 3.63) is 42.0 Å². The van der Waals surface area contributed by atoms with E-state index >= 15 is 0 Å². The number of ether oxygens (including phenoxy) is 1. The van der Waals surface area contributed by atoms with Crippen molar-refractivity contribution in [2.45, 2.75) is 25.4 Å². The molecule has 124 valence electrons. The Morgan fingerprint density at radius 2 is 1.87 bits per heavy atom. The lowest BCUT2D eigenvalue weighted by molar-refractivity contribution is -0.151. The molecule has 7 heteroatoms. The number of hydrogen-bond acceptors (Lipinski definition) is 3. The van der Waals surface area contributed by atoms with Crippen molar-refractivity contribution in [1.82, 2.24) is 0 Å². The molecule has 0 aromatic heterocycles. The number of alkyl halides is 3. The lowest BCUT2D eigenvalue weighted by atomic mass is 9.95. The summed E-state index contributed by atoms with van der Waals surface area (Å²) in [5, 5.41) is 2.38. The van der Waals surface area contributed by atoms with Crippen LogP contribution in [-0.2, 0) is 20.5 Å². The molecular weight excluding hydrogens is 311 g/mol. The van der Waals surface area contributed by atoms with Crippen molar-refractivity contribution in [2.24, 2.45) is 5.92 Å². The number of halogens is 3. The number of nitrogens with one attached hydrogen (secondary N) is 1. The average molecular weight is 327 g/mol. The third-order valence-electron chi connectivity index (χ3n) is 3.44. The molecule has 0 unspecified atom stereocenters. The van der Waals surface area contributed by atoms with Gasteiger partial charge in [-0.3, -0.25) is 9.59 Å². The van der Waals surface area contributed by atoms with Crippen molar-refractivity contribution < 1.29 is 27.5 Å². The molecule has 0 spiro atoms. The van der Waals surface area contributed by atoms with Crippen LogP contribution in [0.4, 0.5) is 18.9 Å². The number of amides is 1. The first kappa shape index (κ1) is 17.1. The third kappa shape index (κ3) is 5.12. The van der Waals surface area contributed by atoms with Gasteiger partial charge in [0.1, 0.15) is 0 Å². The normalized spacial score (nSPS) is 17.6. The second-order valence-electron chi connectivity index (χ2n) is 5.21. The second kappa shape index (κ2) is 7.30. The van der Waals surface area contributed by atoms with Gasteiger partial charge in [0, 0.05) is 5.69 Å². The Hall–Kier alpha value is -2.31.